The Kier molecular flexibility index (Phi) is 7.11. The van der Waals surface area contributed by atoms with Gasteiger partial charge in [-0.05, 0) is 49.2 Å². The highest BCUT2D eigenvalue weighted by molar-refractivity contribution is 7.89. The molecule has 3 rings (SSSR count). The van der Waals surface area contributed by atoms with Crippen molar-refractivity contribution in [1.82, 2.24) is 4.72 Å². The van der Waals surface area contributed by atoms with Crippen LogP contribution in [0.15, 0.2) is 53.4 Å². The zero-order chi connectivity index (χ0) is 20.7. The Hall–Kier alpha value is -2.58. The van der Waals surface area contributed by atoms with Crippen molar-refractivity contribution in [1.29, 1.82) is 0 Å². The average molecular weight is 419 g/mol. The van der Waals surface area contributed by atoms with Gasteiger partial charge in [0, 0.05) is 6.04 Å². The first-order chi connectivity index (χ1) is 14.0. The molecule has 1 fully saturated rings. The lowest BCUT2D eigenvalue weighted by atomic mass is 9.96. The van der Waals surface area contributed by atoms with Gasteiger partial charge in [0.25, 0.3) is 5.91 Å². The van der Waals surface area contributed by atoms with Crippen LogP contribution >= 0.6 is 0 Å². The summed E-state index contributed by atoms with van der Waals surface area (Å²) in [5.74, 6) is 0.628. The number of hydrogen-bond donors (Lipinski definition) is 2. The van der Waals surface area contributed by atoms with Gasteiger partial charge in [0.05, 0.1) is 17.7 Å². The molecule has 0 atom stereocenters. The maximum Gasteiger partial charge on any atom is 0.262 e. The number of sulfonamides is 1. The third-order valence-electron chi connectivity index (χ3n) is 4.81. The number of carbonyl (C=O) groups is 1. The second-order valence-electron chi connectivity index (χ2n) is 6.96. The summed E-state index contributed by atoms with van der Waals surface area (Å²) >= 11 is 0. The van der Waals surface area contributed by atoms with Crippen LogP contribution in [0.3, 0.4) is 0 Å². The molecule has 1 aliphatic carbocycles. The molecule has 0 heterocycles. The number of carbonyl (C=O) groups excluding carboxylic acids is 1. The molecule has 0 spiro atoms. The van der Waals surface area contributed by atoms with Gasteiger partial charge in [0.1, 0.15) is 11.5 Å². The third-order valence-corrected chi connectivity index (χ3v) is 6.35. The Labute approximate surface area is 171 Å². The zero-order valence-corrected chi connectivity index (χ0v) is 17.2. The lowest BCUT2D eigenvalue weighted by Gasteiger charge is -2.22. The minimum absolute atomic E-state index is 0.00310. The molecule has 0 radical (unpaired) electrons. The van der Waals surface area contributed by atoms with Gasteiger partial charge < -0.3 is 14.8 Å². The van der Waals surface area contributed by atoms with E-state index in [2.05, 4.69) is 10.0 Å². The molecule has 7 nitrogen and oxygen atoms in total. The van der Waals surface area contributed by atoms with Crippen molar-refractivity contribution < 1.29 is 22.7 Å². The van der Waals surface area contributed by atoms with Gasteiger partial charge in [-0.3, -0.25) is 4.79 Å². The molecular formula is C21H26N2O5S. The molecule has 29 heavy (non-hydrogen) atoms. The molecule has 2 N–H and O–H groups in total. The summed E-state index contributed by atoms with van der Waals surface area (Å²) in [4.78, 5) is 12.3. The van der Waals surface area contributed by atoms with E-state index in [0.717, 1.165) is 32.1 Å². The van der Waals surface area contributed by atoms with Gasteiger partial charge in [-0.2, -0.15) is 0 Å². The molecular weight excluding hydrogens is 392 g/mol. The van der Waals surface area contributed by atoms with E-state index in [1.165, 1.54) is 19.2 Å². The molecule has 2 aromatic carbocycles. The number of hydrogen-bond acceptors (Lipinski definition) is 5. The van der Waals surface area contributed by atoms with Crippen LogP contribution < -0.4 is 19.5 Å². The summed E-state index contributed by atoms with van der Waals surface area (Å²) in [5, 5.41) is 2.72. The quantitative estimate of drug-likeness (QED) is 0.686. The fourth-order valence-corrected chi connectivity index (χ4v) is 4.61. The summed E-state index contributed by atoms with van der Waals surface area (Å²) in [6.07, 6.45) is 5.02. The van der Waals surface area contributed by atoms with E-state index in [-0.39, 0.29) is 23.5 Å². The van der Waals surface area contributed by atoms with Crippen molar-refractivity contribution in [2.75, 3.05) is 19.0 Å². The average Bonchev–Trinajstić information content (AvgIpc) is 2.73. The highest BCUT2D eigenvalue weighted by Gasteiger charge is 2.21. The number of ether oxygens (including phenoxy) is 2. The minimum atomic E-state index is -3.56. The lowest BCUT2D eigenvalue weighted by Crippen LogP contribution is -2.36. The molecule has 0 bridgehead atoms. The summed E-state index contributed by atoms with van der Waals surface area (Å²) < 4.78 is 38.5. The van der Waals surface area contributed by atoms with E-state index in [1.54, 1.807) is 30.3 Å². The molecule has 1 amide bonds. The van der Waals surface area contributed by atoms with Crippen molar-refractivity contribution in [3.8, 4) is 11.5 Å². The molecule has 0 unspecified atom stereocenters. The van der Waals surface area contributed by atoms with Crippen molar-refractivity contribution in [3.63, 3.8) is 0 Å². The second-order valence-corrected chi connectivity index (χ2v) is 8.68. The van der Waals surface area contributed by atoms with E-state index < -0.39 is 10.0 Å². The third kappa shape index (κ3) is 5.95. The molecule has 8 heteroatoms. The Morgan fingerprint density at radius 1 is 1.03 bits per heavy atom. The Morgan fingerprint density at radius 2 is 1.72 bits per heavy atom. The maximum absolute atomic E-state index is 12.5. The monoisotopic (exact) mass is 418 g/mol. The fraction of sp³-hybridized carbons (Fsp3) is 0.381. The van der Waals surface area contributed by atoms with Gasteiger partial charge in [-0.15, -0.1) is 0 Å². The summed E-state index contributed by atoms with van der Waals surface area (Å²) in [7, 11) is -2.03. The molecule has 0 aliphatic heterocycles. The number of benzene rings is 2. The molecule has 1 aliphatic rings. The van der Waals surface area contributed by atoms with E-state index >= 15 is 0 Å². The van der Waals surface area contributed by atoms with E-state index in [9.17, 15) is 13.2 Å². The van der Waals surface area contributed by atoms with E-state index in [1.807, 2.05) is 6.07 Å². The molecule has 1 saturated carbocycles. The van der Waals surface area contributed by atoms with Crippen LogP contribution in [0.2, 0.25) is 0 Å². The van der Waals surface area contributed by atoms with Crippen LogP contribution in [0.4, 0.5) is 5.69 Å². The van der Waals surface area contributed by atoms with Crippen LogP contribution in [0.1, 0.15) is 32.1 Å². The van der Waals surface area contributed by atoms with Crippen LogP contribution in [0.25, 0.3) is 0 Å². The second kappa shape index (κ2) is 9.76. The van der Waals surface area contributed by atoms with Gasteiger partial charge >= 0.3 is 0 Å². The lowest BCUT2D eigenvalue weighted by molar-refractivity contribution is -0.118. The number of nitrogens with one attached hydrogen (secondary N) is 2. The topological polar surface area (TPSA) is 93.7 Å². The van der Waals surface area contributed by atoms with Crippen LogP contribution in [-0.2, 0) is 14.8 Å². The Balaban J connectivity index is 1.54. The maximum atomic E-state index is 12.5. The predicted molar refractivity (Wildman–Crippen MR) is 111 cm³/mol. The van der Waals surface area contributed by atoms with Gasteiger partial charge in [0.15, 0.2) is 6.61 Å². The number of rotatable bonds is 8. The molecule has 0 saturated heterocycles. The van der Waals surface area contributed by atoms with Gasteiger partial charge in [-0.1, -0.05) is 31.4 Å². The van der Waals surface area contributed by atoms with Crippen LogP contribution in [0.5, 0.6) is 11.5 Å². The van der Waals surface area contributed by atoms with Crippen molar-refractivity contribution >= 4 is 21.6 Å². The first-order valence-corrected chi connectivity index (χ1v) is 11.1. The number of amides is 1. The Bertz CT molecular complexity index is 922. The molecule has 0 aromatic heterocycles. The van der Waals surface area contributed by atoms with Crippen LogP contribution in [-0.4, -0.2) is 34.1 Å². The van der Waals surface area contributed by atoms with Crippen molar-refractivity contribution in [2.45, 2.75) is 43.0 Å². The van der Waals surface area contributed by atoms with E-state index in [0.29, 0.717) is 17.2 Å². The van der Waals surface area contributed by atoms with Gasteiger partial charge in [-0.25, -0.2) is 13.1 Å². The smallest absolute Gasteiger partial charge is 0.262 e. The fourth-order valence-electron chi connectivity index (χ4n) is 3.31. The Morgan fingerprint density at radius 3 is 2.41 bits per heavy atom. The van der Waals surface area contributed by atoms with Gasteiger partial charge in [0.2, 0.25) is 10.0 Å². The highest BCUT2D eigenvalue weighted by atomic mass is 32.2. The largest absolute Gasteiger partial charge is 0.495 e. The summed E-state index contributed by atoms with van der Waals surface area (Å²) in [6.45, 7) is -0.204. The van der Waals surface area contributed by atoms with Crippen molar-refractivity contribution in [2.24, 2.45) is 0 Å². The summed E-state index contributed by atoms with van der Waals surface area (Å²) in [6, 6.07) is 13.1. The van der Waals surface area contributed by atoms with Crippen LogP contribution in [0, 0.1) is 0 Å². The minimum Gasteiger partial charge on any atom is -0.495 e. The zero-order valence-electron chi connectivity index (χ0n) is 16.4. The predicted octanol–water partition coefficient (Wildman–Crippen LogP) is 3.32. The van der Waals surface area contributed by atoms with E-state index in [4.69, 9.17) is 9.47 Å². The molecule has 156 valence electrons. The first-order valence-electron chi connectivity index (χ1n) is 9.66. The molecule has 2 aromatic rings. The number of para-hydroxylation sites is 2. The first kappa shape index (κ1) is 21.1. The standard InChI is InChI=1S/C21H26N2O5S/c1-27-20-10-6-5-9-19(20)22-21(24)15-28-17-11-13-18(14-12-17)29(25,26)23-16-7-3-2-4-8-16/h5-6,9-14,16,23H,2-4,7-8,15H2,1H3,(H,22,24). The number of anilines is 1. The number of methoxy groups -OCH3 is 1. The van der Waals surface area contributed by atoms with Crippen molar-refractivity contribution in [3.05, 3.63) is 48.5 Å². The highest BCUT2D eigenvalue weighted by Crippen LogP contribution is 2.23. The SMILES string of the molecule is COc1ccccc1NC(=O)COc1ccc(S(=O)(=O)NC2CCCCC2)cc1. The normalized spacial score (nSPS) is 14.9. The summed E-state index contributed by atoms with van der Waals surface area (Å²) in [5.41, 5.74) is 0.554.